The first kappa shape index (κ1) is 93.3. The summed E-state index contributed by atoms with van der Waals surface area (Å²) in [6.07, 6.45) is 15.6. The standard InChI is InChI=1S/4C27H33NO5/c4*1-5-17-13-20-22(23-21(17)24(29)28(25(23)30)18-9-7-6-8-10-18)26(31)33-27(32-20)14-16(4)11-12-19(27)15(2)3/h4*6-10,15-17,19,21,23H,5,11-14H2,1-4H3/t4*16-,17-,19+,21-,23-,27+/m1111/s1. The third-order valence-electron chi connectivity index (χ3n) is 32.8. The topological polar surface area (TPSA) is 292 Å². The second-order valence-corrected chi connectivity index (χ2v) is 42.4. The summed E-state index contributed by atoms with van der Waals surface area (Å²) in [6, 6.07) is 35.9. The van der Waals surface area contributed by atoms with Crippen LogP contribution in [0.5, 0.6) is 0 Å². The largest absolute Gasteiger partial charge is 0.456 e. The maximum atomic E-state index is 13.6. The number of hydrogen-bond donors (Lipinski definition) is 0. The van der Waals surface area contributed by atoms with Crippen LogP contribution in [0.2, 0.25) is 0 Å². The van der Waals surface area contributed by atoms with E-state index in [4.69, 9.17) is 37.9 Å². The van der Waals surface area contributed by atoms with Crippen molar-refractivity contribution >= 4 is 93.9 Å². The quantitative estimate of drug-likeness (QED) is 0.0723. The summed E-state index contributed by atoms with van der Waals surface area (Å²) < 4.78 is 51.1. The molecule has 0 N–H and O–H groups in total. The number of allylic oxidation sites excluding steroid dienone is 4. The summed E-state index contributed by atoms with van der Waals surface area (Å²) in [4.78, 5) is 168. The Morgan fingerprint density at radius 3 is 0.614 bits per heavy atom. The van der Waals surface area contributed by atoms with Crippen molar-refractivity contribution in [3.05, 3.63) is 167 Å². The van der Waals surface area contributed by atoms with Crippen molar-refractivity contribution < 1.29 is 95.4 Å². The molecule has 4 aromatic rings. The molecule has 8 aliphatic carbocycles. The molecule has 20 rings (SSSR count). The van der Waals surface area contributed by atoms with E-state index in [0.29, 0.717) is 144 Å². The zero-order valence-electron chi connectivity index (χ0n) is 79.5. The van der Waals surface area contributed by atoms with Gasteiger partial charge in [-0.1, -0.05) is 209 Å². The molecular weight excluding hydrogens is 1670 g/mol. The fourth-order valence-corrected chi connectivity index (χ4v) is 26.5. The highest BCUT2D eigenvalue weighted by atomic mass is 16.7. The van der Waals surface area contributed by atoms with Gasteiger partial charge >= 0.3 is 23.9 Å². The molecule has 0 aromatic heterocycles. The van der Waals surface area contributed by atoms with Crippen molar-refractivity contribution in [2.24, 2.45) is 142 Å². The lowest BCUT2D eigenvalue weighted by atomic mass is 9.69. The van der Waals surface area contributed by atoms with Crippen LogP contribution in [-0.2, 0) is 95.4 Å². The molecule has 24 nitrogen and oxygen atoms in total. The number of esters is 4. The molecule has 24 atom stereocenters. The first-order valence-corrected chi connectivity index (χ1v) is 49.4. The number of nitrogens with zero attached hydrogens (tertiary/aromatic N) is 4. The SMILES string of the molecule is CC[C@@H]1CC2=C(C(=O)O[C@]3(C[C@H](C)CC[C@H]3C(C)C)O2)[C@@H]2C(=O)N(c3ccccc3)C(=O)[C@H]12.CC[C@@H]1CC2=C(C(=O)O[C@]3(C[C@H](C)CC[C@H]3C(C)C)O2)[C@@H]2C(=O)N(c3ccccc3)C(=O)[C@H]12.CC[C@@H]1CC2=C(C(=O)O[C@]3(C[C@H](C)CC[C@H]3C(C)C)O2)[C@@H]2C(=O)N(c3ccccc3)C(=O)[C@H]12.CC[C@@H]1CC2=C(C(=O)O[C@]3(C[C@H](C)CC[C@H]3C(C)C)O2)[C@@H]2C(=O)N(c3ccccc3)C(=O)[C@H]12. The van der Waals surface area contributed by atoms with Crippen molar-refractivity contribution in [1.29, 1.82) is 0 Å². The van der Waals surface area contributed by atoms with Gasteiger partial charge in [0, 0.05) is 75.0 Å². The molecule has 4 saturated carbocycles. The molecule has 704 valence electrons. The molecule has 24 heteroatoms. The van der Waals surface area contributed by atoms with Crippen LogP contribution in [0.15, 0.2) is 167 Å². The Balaban J connectivity index is 0.000000123. The van der Waals surface area contributed by atoms with E-state index in [9.17, 15) is 57.5 Å². The van der Waals surface area contributed by atoms with Crippen molar-refractivity contribution in [1.82, 2.24) is 0 Å². The minimum Gasteiger partial charge on any atom is -0.456 e. The first-order valence-electron chi connectivity index (χ1n) is 49.4. The molecule has 8 amide bonds. The Hall–Kier alpha value is -10.5. The van der Waals surface area contributed by atoms with Gasteiger partial charge in [0.1, 0.15) is 23.0 Å². The fraction of sp³-hybridized carbons (Fsp3) is 0.593. The number of imide groups is 4. The summed E-state index contributed by atoms with van der Waals surface area (Å²) in [6.45, 7) is 34.0. The van der Waals surface area contributed by atoms with E-state index in [-0.39, 0.29) is 117 Å². The molecule has 0 bridgehead atoms. The van der Waals surface area contributed by atoms with Gasteiger partial charge in [0.05, 0.1) is 92.4 Å². The zero-order valence-corrected chi connectivity index (χ0v) is 79.5. The summed E-state index contributed by atoms with van der Waals surface area (Å²) in [7, 11) is 0. The molecule has 8 aliphatic heterocycles. The third-order valence-corrected chi connectivity index (χ3v) is 32.8. The lowest BCUT2D eigenvalue weighted by Crippen LogP contribution is -2.55. The number of rotatable bonds is 12. The summed E-state index contributed by atoms with van der Waals surface area (Å²) >= 11 is 0. The van der Waals surface area contributed by atoms with Gasteiger partial charge in [-0.25, -0.2) is 38.8 Å². The van der Waals surface area contributed by atoms with Crippen LogP contribution in [0.1, 0.15) is 239 Å². The number of carbonyl (C=O) groups is 12. The maximum Gasteiger partial charge on any atom is 0.341 e. The molecule has 8 fully saturated rings. The zero-order chi connectivity index (χ0) is 94.0. The number of benzene rings is 4. The summed E-state index contributed by atoms with van der Waals surface area (Å²) in [5, 5.41) is 0. The van der Waals surface area contributed by atoms with Gasteiger partial charge < -0.3 is 37.9 Å². The molecule has 8 heterocycles. The van der Waals surface area contributed by atoms with Gasteiger partial charge in [-0.3, -0.25) is 38.4 Å². The molecular formula is C108H132N4O20. The fourth-order valence-electron chi connectivity index (χ4n) is 26.5. The van der Waals surface area contributed by atoms with Crippen LogP contribution in [0.25, 0.3) is 0 Å². The van der Waals surface area contributed by atoms with Gasteiger partial charge in [0.25, 0.3) is 23.1 Å². The van der Waals surface area contributed by atoms with E-state index in [1.54, 1.807) is 97.1 Å². The van der Waals surface area contributed by atoms with E-state index >= 15 is 0 Å². The van der Waals surface area contributed by atoms with Crippen LogP contribution in [0.4, 0.5) is 22.7 Å². The van der Waals surface area contributed by atoms with Gasteiger partial charge in [-0.2, -0.15) is 0 Å². The number of fused-ring (bicyclic) bond motifs is 8. The monoisotopic (exact) mass is 1800 g/mol. The van der Waals surface area contributed by atoms with Gasteiger partial charge in [0.2, 0.25) is 47.3 Å². The van der Waals surface area contributed by atoms with Crippen LogP contribution in [0.3, 0.4) is 0 Å². The normalized spacial score (nSPS) is 36.1. The van der Waals surface area contributed by atoms with Crippen LogP contribution in [-0.4, -0.2) is 94.3 Å². The number of anilines is 4. The van der Waals surface area contributed by atoms with E-state index in [1.807, 2.05) is 52.0 Å². The highest BCUT2D eigenvalue weighted by Gasteiger charge is 2.68. The van der Waals surface area contributed by atoms with Gasteiger partial charge in [0.15, 0.2) is 0 Å². The van der Waals surface area contributed by atoms with Crippen molar-refractivity contribution in [2.75, 3.05) is 19.6 Å². The van der Waals surface area contributed by atoms with Gasteiger partial charge in [-0.05, 0) is 171 Å². The number of carbonyl (C=O) groups excluding carboxylic acids is 12. The predicted molar refractivity (Wildman–Crippen MR) is 490 cm³/mol. The van der Waals surface area contributed by atoms with E-state index in [0.717, 1.165) is 77.0 Å². The Bertz CT molecular complexity index is 4710. The smallest absolute Gasteiger partial charge is 0.341 e. The van der Waals surface area contributed by atoms with E-state index in [1.165, 1.54) is 19.6 Å². The Kier molecular flexibility index (Phi) is 25.7. The lowest BCUT2D eigenvalue weighted by Gasteiger charge is -2.50. The van der Waals surface area contributed by atoms with E-state index < -0.39 is 94.4 Å². The molecule has 0 unspecified atom stereocenters. The molecule has 4 spiro atoms. The lowest BCUT2D eigenvalue weighted by molar-refractivity contribution is -0.274. The average Bonchev–Trinajstić information content (AvgIpc) is 1.53. The summed E-state index contributed by atoms with van der Waals surface area (Å²) in [5.74, 6) is -8.45. The second kappa shape index (κ2) is 36.4. The maximum absolute atomic E-state index is 13.6. The molecule has 132 heavy (non-hydrogen) atoms. The highest BCUT2D eigenvalue weighted by molar-refractivity contribution is 6.28. The Morgan fingerprint density at radius 1 is 0.265 bits per heavy atom. The molecule has 0 radical (unpaired) electrons. The number of amides is 8. The van der Waals surface area contributed by atoms with Crippen molar-refractivity contribution in [2.45, 2.75) is 262 Å². The van der Waals surface area contributed by atoms with Crippen LogP contribution < -0.4 is 19.6 Å². The number of para-hydroxylation sites is 4. The first-order chi connectivity index (χ1) is 63.1. The number of hydrogen-bond acceptors (Lipinski definition) is 20. The summed E-state index contributed by atoms with van der Waals surface area (Å²) in [5.41, 5.74) is 3.26. The minimum absolute atomic E-state index is 0.0552. The number of ether oxygens (including phenoxy) is 8. The second-order valence-electron chi connectivity index (χ2n) is 42.4. The van der Waals surface area contributed by atoms with Crippen molar-refractivity contribution in [3.63, 3.8) is 0 Å². The predicted octanol–water partition coefficient (Wildman–Crippen LogP) is 19.4. The average molecular weight is 1810 g/mol. The Labute approximate surface area is 775 Å². The van der Waals surface area contributed by atoms with Crippen LogP contribution >= 0.6 is 0 Å². The van der Waals surface area contributed by atoms with E-state index in [2.05, 4.69) is 83.1 Å². The molecule has 4 aromatic carbocycles. The Morgan fingerprint density at radius 2 is 0.447 bits per heavy atom. The van der Waals surface area contributed by atoms with Gasteiger partial charge in [-0.15, -0.1) is 0 Å². The minimum atomic E-state index is -0.975. The molecule has 4 saturated heterocycles. The molecule has 16 aliphatic rings. The van der Waals surface area contributed by atoms with Crippen LogP contribution in [0, 0.1) is 142 Å². The highest BCUT2D eigenvalue weighted by Crippen LogP contribution is 2.62. The van der Waals surface area contributed by atoms with Crippen molar-refractivity contribution in [3.8, 4) is 0 Å². The third kappa shape index (κ3) is 15.8.